The average Bonchev–Trinajstić information content (AvgIpc) is 2.80. The van der Waals surface area contributed by atoms with Crippen LogP contribution in [0.4, 0.5) is 10.9 Å². The van der Waals surface area contributed by atoms with Gasteiger partial charge in [-0.05, 0) is 24.2 Å². The van der Waals surface area contributed by atoms with Gasteiger partial charge >= 0.3 is 0 Å². The highest BCUT2D eigenvalue weighted by molar-refractivity contribution is 7.18. The molecule has 1 fully saturated rings. The zero-order valence-electron chi connectivity index (χ0n) is 12.7. The summed E-state index contributed by atoms with van der Waals surface area (Å²) < 4.78 is 0. The fourth-order valence-electron chi connectivity index (χ4n) is 2.30. The quantitative estimate of drug-likeness (QED) is 0.845. The normalized spacial score (nSPS) is 19.7. The summed E-state index contributed by atoms with van der Waals surface area (Å²) in [6, 6.07) is 0. The number of nitrogen functional groups attached to an aromatic ring is 1. The molecule has 5 nitrogen and oxygen atoms in total. The third kappa shape index (κ3) is 3.23. The summed E-state index contributed by atoms with van der Waals surface area (Å²) in [5.74, 6) is 0.821. The Morgan fingerprint density at radius 1 is 1.60 bits per heavy atom. The molecule has 0 saturated heterocycles. The van der Waals surface area contributed by atoms with Crippen molar-refractivity contribution in [1.29, 1.82) is 0 Å². The van der Waals surface area contributed by atoms with Gasteiger partial charge in [-0.2, -0.15) is 0 Å². The maximum Gasteiger partial charge on any atom is 0.265 e. The van der Waals surface area contributed by atoms with Crippen molar-refractivity contribution in [3.63, 3.8) is 0 Å². The second kappa shape index (κ2) is 5.60. The Bertz CT molecular complexity index is 497. The molecule has 20 heavy (non-hydrogen) atoms. The standard InChI is InChI=1S/C14H24N4OS/c1-5-6-18(4)13-17-11(15)10(20-13)12(19)16-8-9-7-14(9,2)3/h9H,5-8,15H2,1-4H3,(H,16,19). The molecule has 1 aliphatic rings. The average molecular weight is 296 g/mol. The maximum atomic E-state index is 12.2. The molecule has 1 heterocycles. The number of anilines is 2. The van der Waals surface area contributed by atoms with Crippen LogP contribution >= 0.6 is 11.3 Å². The number of hydrogen-bond donors (Lipinski definition) is 2. The second-order valence-corrected chi connectivity index (χ2v) is 7.21. The van der Waals surface area contributed by atoms with Crippen molar-refractivity contribution in [3.8, 4) is 0 Å². The number of nitrogens with one attached hydrogen (secondary N) is 1. The van der Waals surface area contributed by atoms with Crippen molar-refractivity contribution < 1.29 is 4.79 Å². The smallest absolute Gasteiger partial charge is 0.265 e. The zero-order chi connectivity index (χ0) is 14.9. The van der Waals surface area contributed by atoms with Gasteiger partial charge in [-0.15, -0.1) is 0 Å². The minimum Gasteiger partial charge on any atom is -0.382 e. The van der Waals surface area contributed by atoms with Crippen LogP contribution in [0.5, 0.6) is 0 Å². The van der Waals surface area contributed by atoms with Gasteiger partial charge in [0.2, 0.25) is 0 Å². The molecule has 0 aromatic carbocycles. The monoisotopic (exact) mass is 296 g/mol. The lowest BCUT2D eigenvalue weighted by atomic mass is 10.1. The Kier molecular flexibility index (Phi) is 4.22. The zero-order valence-corrected chi connectivity index (χ0v) is 13.5. The lowest BCUT2D eigenvalue weighted by molar-refractivity contribution is 0.0955. The molecular weight excluding hydrogens is 272 g/mol. The highest BCUT2D eigenvalue weighted by atomic mass is 32.1. The van der Waals surface area contributed by atoms with Gasteiger partial charge in [0.15, 0.2) is 5.13 Å². The van der Waals surface area contributed by atoms with E-state index in [1.54, 1.807) is 0 Å². The predicted octanol–water partition coefficient (Wildman–Crippen LogP) is 2.35. The molecule has 112 valence electrons. The number of aromatic nitrogens is 1. The summed E-state index contributed by atoms with van der Waals surface area (Å²) in [6.45, 7) is 8.19. The van der Waals surface area contributed by atoms with E-state index in [0.29, 0.717) is 22.0 Å². The Morgan fingerprint density at radius 2 is 2.25 bits per heavy atom. The first-order valence-corrected chi connectivity index (χ1v) is 7.92. The van der Waals surface area contributed by atoms with E-state index in [1.165, 1.54) is 17.8 Å². The number of nitrogens with two attached hydrogens (primary N) is 1. The summed E-state index contributed by atoms with van der Waals surface area (Å²) >= 11 is 1.37. The number of amides is 1. The molecule has 3 N–H and O–H groups in total. The minimum absolute atomic E-state index is 0.0983. The summed E-state index contributed by atoms with van der Waals surface area (Å²) in [5, 5.41) is 3.78. The predicted molar refractivity (Wildman–Crippen MR) is 84.3 cm³/mol. The van der Waals surface area contributed by atoms with Gasteiger partial charge in [-0.25, -0.2) is 4.98 Å². The number of carbonyl (C=O) groups is 1. The van der Waals surface area contributed by atoms with Crippen LogP contribution in [0.25, 0.3) is 0 Å². The summed E-state index contributed by atoms with van der Waals surface area (Å²) in [7, 11) is 1.97. The van der Waals surface area contributed by atoms with Gasteiger partial charge in [0, 0.05) is 20.1 Å². The van der Waals surface area contributed by atoms with E-state index in [4.69, 9.17) is 5.73 Å². The molecule has 6 heteroatoms. The van der Waals surface area contributed by atoms with Crippen LogP contribution in [0, 0.1) is 11.3 Å². The van der Waals surface area contributed by atoms with E-state index in [9.17, 15) is 4.79 Å². The van der Waals surface area contributed by atoms with Crippen LogP contribution < -0.4 is 16.0 Å². The molecule has 2 rings (SSSR count). The molecule has 1 unspecified atom stereocenters. The molecule has 0 spiro atoms. The van der Waals surface area contributed by atoms with Crippen LogP contribution in [-0.4, -0.2) is 31.0 Å². The van der Waals surface area contributed by atoms with Gasteiger partial charge in [-0.3, -0.25) is 4.79 Å². The third-order valence-electron chi connectivity index (χ3n) is 3.96. The van der Waals surface area contributed by atoms with Gasteiger partial charge in [0.1, 0.15) is 10.7 Å². The van der Waals surface area contributed by atoms with E-state index >= 15 is 0 Å². The van der Waals surface area contributed by atoms with Crippen molar-refractivity contribution in [2.45, 2.75) is 33.6 Å². The van der Waals surface area contributed by atoms with E-state index in [1.807, 2.05) is 11.9 Å². The fraction of sp³-hybridized carbons (Fsp3) is 0.714. The largest absolute Gasteiger partial charge is 0.382 e. The molecule has 1 aromatic rings. The molecule has 0 bridgehead atoms. The van der Waals surface area contributed by atoms with E-state index < -0.39 is 0 Å². The van der Waals surface area contributed by atoms with Crippen molar-refractivity contribution in [1.82, 2.24) is 10.3 Å². The van der Waals surface area contributed by atoms with Crippen molar-refractivity contribution in [2.24, 2.45) is 11.3 Å². The number of rotatable bonds is 6. The number of carbonyl (C=O) groups excluding carboxylic acids is 1. The Balaban J connectivity index is 1.96. The van der Waals surface area contributed by atoms with Crippen LogP contribution in [-0.2, 0) is 0 Å². The van der Waals surface area contributed by atoms with Crippen LogP contribution in [0.2, 0.25) is 0 Å². The lowest BCUT2D eigenvalue weighted by Gasteiger charge is -2.13. The topological polar surface area (TPSA) is 71.2 Å². The highest BCUT2D eigenvalue weighted by Gasteiger charge is 2.45. The number of hydrogen-bond acceptors (Lipinski definition) is 5. The SMILES string of the molecule is CCCN(C)c1nc(N)c(C(=O)NCC2CC2(C)C)s1. The minimum atomic E-state index is -0.0983. The van der Waals surface area contributed by atoms with Crippen molar-refractivity contribution >= 4 is 28.2 Å². The molecule has 1 aromatic heterocycles. The molecule has 1 aliphatic carbocycles. The number of thiazole rings is 1. The first-order chi connectivity index (χ1) is 9.35. The Hall–Kier alpha value is -1.30. The van der Waals surface area contributed by atoms with Crippen LogP contribution in [0.15, 0.2) is 0 Å². The molecule has 0 radical (unpaired) electrons. The summed E-state index contributed by atoms with van der Waals surface area (Å²) in [5.41, 5.74) is 6.24. The lowest BCUT2D eigenvalue weighted by Crippen LogP contribution is -2.26. The summed E-state index contributed by atoms with van der Waals surface area (Å²) in [6.07, 6.45) is 2.21. The Morgan fingerprint density at radius 3 is 2.80 bits per heavy atom. The van der Waals surface area contributed by atoms with E-state index in [0.717, 1.165) is 24.6 Å². The van der Waals surface area contributed by atoms with Gasteiger partial charge in [0.25, 0.3) is 5.91 Å². The van der Waals surface area contributed by atoms with Gasteiger partial charge in [0.05, 0.1) is 0 Å². The molecule has 1 amide bonds. The molecular formula is C14H24N4OS. The molecule has 1 atom stereocenters. The fourth-order valence-corrected chi connectivity index (χ4v) is 3.19. The van der Waals surface area contributed by atoms with Crippen molar-refractivity contribution in [3.05, 3.63) is 4.88 Å². The number of nitrogens with zero attached hydrogens (tertiary/aromatic N) is 2. The first kappa shape index (κ1) is 15.1. The molecule has 1 saturated carbocycles. The Labute approximate surface area is 124 Å². The van der Waals surface area contributed by atoms with Gasteiger partial charge in [-0.1, -0.05) is 32.1 Å². The second-order valence-electron chi connectivity index (χ2n) is 6.23. The van der Waals surface area contributed by atoms with Gasteiger partial charge < -0.3 is 16.0 Å². The third-order valence-corrected chi connectivity index (χ3v) is 5.14. The van der Waals surface area contributed by atoms with Crippen molar-refractivity contribution in [2.75, 3.05) is 30.8 Å². The highest BCUT2D eigenvalue weighted by Crippen LogP contribution is 2.51. The van der Waals surface area contributed by atoms with Crippen LogP contribution in [0.3, 0.4) is 0 Å². The first-order valence-electron chi connectivity index (χ1n) is 7.10. The summed E-state index contributed by atoms with van der Waals surface area (Å²) in [4.78, 5) is 19.0. The van der Waals surface area contributed by atoms with Crippen LogP contribution in [0.1, 0.15) is 43.3 Å². The van der Waals surface area contributed by atoms with E-state index in [-0.39, 0.29) is 5.91 Å². The van der Waals surface area contributed by atoms with E-state index in [2.05, 4.69) is 31.1 Å². The molecule has 0 aliphatic heterocycles. The maximum absolute atomic E-state index is 12.2.